The van der Waals surface area contributed by atoms with Crippen LogP contribution in [0.2, 0.25) is 0 Å². The molecule has 0 saturated carbocycles. The minimum atomic E-state index is -0.592. The molecule has 0 aliphatic rings. The third-order valence-electron chi connectivity index (χ3n) is 4.81. The molecule has 0 aromatic heterocycles. The molecule has 4 nitrogen and oxygen atoms in total. The quantitative estimate of drug-likeness (QED) is 0.625. The van der Waals surface area contributed by atoms with Gasteiger partial charge in [-0.3, -0.25) is 9.59 Å². The molecule has 0 aliphatic heterocycles. The predicted octanol–water partition coefficient (Wildman–Crippen LogP) is 4.39. The molecule has 29 heavy (non-hydrogen) atoms. The maximum atomic E-state index is 13.8. The molecule has 0 spiro atoms. The van der Waals surface area contributed by atoms with Crippen molar-refractivity contribution in [1.29, 1.82) is 0 Å². The second-order valence-electron chi connectivity index (χ2n) is 7.09. The van der Waals surface area contributed by atoms with Crippen LogP contribution in [-0.4, -0.2) is 34.6 Å². The summed E-state index contributed by atoms with van der Waals surface area (Å²) < 4.78 is 13.8. The Kier molecular flexibility index (Phi) is 9.19. The topological polar surface area (TPSA) is 49.4 Å². The van der Waals surface area contributed by atoms with Crippen LogP contribution >= 0.6 is 11.8 Å². The van der Waals surface area contributed by atoms with E-state index in [1.807, 2.05) is 44.2 Å². The number of halogens is 1. The zero-order chi connectivity index (χ0) is 21.2. The highest BCUT2D eigenvalue weighted by Crippen LogP contribution is 2.18. The van der Waals surface area contributed by atoms with Crippen molar-refractivity contribution in [1.82, 2.24) is 10.2 Å². The molecular formula is C23H29FN2O2S. The number of rotatable bonds is 10. The van der Waals surface area contributed by atoms with E-state index in [-0.39, 0.29) is 29.4 Å². The molecule has 6 heteroatoms. The molecule has 2 aromatic carbocycles. The zero-order valence-corrected chi connectivity index (χ0v) is 18.0. The van der Waals surface area contributed by atoms with Gasteiger partial charge >= 0.3 is 0 Å². The average Bonchev–Trinajstić information content (AvgIpc) is 2.73. The zero-order valence-electron chi connectivity index (χ0n) is 17.2. The molecule has 0 fully saturated rings. The van der Waals surface area contributed by atoms with Gasteiger partial charge in [0.05, 0.1) is 5.75 Å². The van der Waals surface area contributed by atoms with E-state index in [1.54, 1.807) is 30.0 Å². The predicted molar refractivity (Wildman–Crippen MR) is 117 cm³/mol. The Labute approximate surface area is 176 Å². The highest BCUT2D eigenvalue weighted by Gasteiger charge is 2.26. The minimum absolute atomic E-state index is 0.0501. The van der Waals surface area contributed by atoms with Crippen LogP contribution in [0.3, 0.4) is 0 Å². The molecule has 0 aliphatic carbocycles. The van der Waals surface area contributed by atoms with Gasteiger partial charge in [-0.1, -0.05) is 55.5 Å². The summed E-state index contributed by atoms with van der Waals surface area (Å²) >= 11 is 1.35. The van der Waals surface area contributed by atoms with Crippen LogP contribution in [0.5, 0.6) is 0 Å². The first-order valence-electron chi connectivity index (χ1n) is 9.87. The van der Waals surface area contributed by atoms with Crippen molar-refractivity contribution < 1.29 is 14.0 Å². The number of hydrogen-bond acceptors (Lipinski definition) is 3. The van der Waals surface area contributed by atoms with Gasteiger partial charge in [0.15, 0.2) is 0 Å². The molecule has 156 valence electrons. The van der Waals surface area contributed by atoms with Crippen molar-refractivity contribution >= 4 is 23.6 Å². The van der Waals surface area contributed by atoms with Gasteiger partial charge in [-0.15, -0.1) is 11.8 Å². The lowest BCUT2D eigenvalue weighted by atomic mass is 10.1. The summed E-state index contributed by atoms with van der Waals surface area (Å²) in [7, 11) is 0. The summed E-state index contributed by atoms with van der Waals surface area (Å²) in [4.78, 5) is 27.2. The van der Waals surface area contributed by atoms with Crippen molar-refractivity contribution in [2.75, 3.05) is 5.75 Å². The fourth-order valence-electron chi connectivity index (χ4n) is 2.77. The Morgan fingerprint density at radius 2 is 1.72 bits per heavy atom. The van der Waals surface area contributed by atoms with Gasteiger partial charge in [-0.25, -0.2) is 4.39 Å². The van der Waals surface area contributed by atoms with Crippen LogP contribution in [0, 0.1) is 5.82 Å². The largest absolute Gasteiger partial charge is 0.352 e. The Bertz CT molecular complexity index is 800. The van der Waals surface area contributed by atoms with Gasteiger partial charge in [0.2, 0.25) is 11.8 Å². The van der Waals surface area contributed by atoms with E-state index in [0.717, 1.165) is 12.0 Å². The van der Waals surface area contributed by atoms with Crippen LogP contribution in [0.1, 0.15) is 38.3 Å². The molecule has 0 saturated heterocycles. The van der Waals surface area contributed by atoms with Crippen LogP contribution in [0.4, 0.5) is 4.39 Å². The number of benzene rings is 2. The molecule has 0 radical (unpaired) electrons. The van der Waals surface area contributed by atoms with E-state index in [9.17, 15) is 14.0 Å². The first-order chi connectivity index (χ1) is 13.9. The summed E-state index contributed by atoms with van der Waals surface area (Å²) in [5.41, 5.74) is 1.53. The highest BCUT2D eigenvalue weighted by atomic mass is 32.2. The highest BCUT2D eigenvalue weighted by molar-refractivity contribution is 7.99. The first-order valence-corrected chi connectivity index (χ1v) is 11.0. The van der Waals surface area contributed by atoms with Gasteiger partial charge < -0.3 is 10.2 Å². The molecule has 0 heterocycles. The Morgan fingerprint density at radius 3 is 2.38 bits per heavy atom. The summed E-state index contributed by atoms with van der Waals surface area (Å²) in [6, 6.07) is 15.6. The maximum absolute atomic E-state index is 13.8. The standard InChI is InChI=1S/C23H29FN2O2S/c1-4-17(2)25-23(28)18(3)26(14-19-10-6-5-7-11-19)22(27)16-29-15-20-12-8-9-13-21(20)24/h5-13,17-18H,4,14-16H2,1-3H3,(H,25,28)/t17-,18-/m0/s1. The fraction of sp³-hybridized carbons (Fsp3) is 0.391. The second-order valence-corrected chi connectivity index (χ2v) is 8.07. The van der Waals surface area contributed by atoms with E-state index in [4.69, 9.17) is 0 Å². The van der Waals surface area contributed by atoms with Crippen LogP contribution in [0.25, 0.3) is 0 Å². The third kappa shape index (κ3) is 7.20. The minimum Gasteiger partial charge on any atom is -0.352 e. The number of hydrogen-bond donors (Lipinski definition) is 1. The van der Waals surface area contributed by atoms with Gasteiger partial charge in [0, 0.05) is 18.3 Å². The first kappa shape index (κ1) is 22.9. The molecule has 1 N–H and O–H groups in total. The summed E-state index contributed by atoms with van der Waals surface area (Å²) in [6.07, 6.45) is 0.823. The SMILES string of the molecule is CC[C@H](C)NC(=O)[C@H](C)N(Cc1ccccc1)C(=O)CSCc1ccccc1F. The van der Waals surface area contributed by atoms with Gasteiger partial charge in [-0.05, 0) is 37.5 Å². The summed E-state index contributed by atoms with van der Waals surface area (Å²) in [6.45, 7) is 6.05. The molecule has 2 atom stereocenters. The van der Waals surface area contributed by atoms with Crippen molar-refractivity contribution in [3.05, 3.63) is 71.5 Å². The smallest absolute Gasteiger partial charge is 0.242 e. The molecule has 0 bridgehead atoms. The van der Waals surface area contributed by atoms with Crippen molar-refractivity contribution in [2.45, 2.75) is 51.6 Å². The van der Waals surface area contributed by atoms with Crippen LogP contribution in [-0.2, 0) is 21.9 Å². The molecule has 2 amide bonds. The van der Waals surface area contributed by atoms with E-state index in [1.165, 1.54) is 17.8 Å². The van der Waals surface area contributed by atoms with Crippen molar-refractivity contribution in [3.63, 3.8) is 0 Å². The molecule has 2 aromatic rings. The second kappa shape index (κ2) is 11.6. The number of carbonyl (C=O) groups excluding carboxylic acids is 2. The number of thioether (sulfide) groups is 1. The fourth-order valence-corrected chi connectivity index (χ4v) is 3.67. The molecule has 2 rings (SSSR count). The average molecular weight is 417 g/mol. The normalized spacial score (nSPS) is 12.8. The van der Waals surface area contributed by atoms with Crippen molar-refractivity contribution in [3.8, 4) is 0 Å². The van der Waals surface area contributed by atoms with E-state index >= 15 is 0 Å². The van der Waals surface area contributed by atoms with E-state index in [2.05, 4.69) is 5.32 Å². The van der Waals surface area contributed by atoms with Crippen LogP contribution in [0.15, 0.2) is 54.6 Å². The Hall–Kier alpha value is -2.34. The monoisotopic (exact) mass is 416 g/mol. The van der Waals surface area contributed by atoms with E-state index in [0.29, 0.717) is 17.9 Å². The summed E-state index contributed by atoms with van der Waals surface area (Å²) in [5.74, 6) is 0.0206. The third-order valence-corrected chi connectivity index (χ3v) is 5.77. The number of carbonyl (C=O) groups is 2. The van der Waals surface area contributed by atoms with Gasteiger partial charge in [0.1, 0.15) is 11.9 Å². The van der Waals surface area contributed by atoms with Crippen molar-refractivity contribution in [2.24, 2.45) is 0 Å². The van der Waals surface area contributed by atoms with E-state index < -0.39 is 6.04 Å². The maximum Gasteiger partial charge on any atom is 0.242 e. The molecule has 0 unspecified atom stereocenters. The lowest BCUT2D eigenvalue weighted by Crippen LogP contribution is -2.50. The number of nitrogens with zero attached hydrogens (tertiary/aromatic N) is 1. The lowest BCUT2D eigenvalue weighted by Gasteiger charge is -2.29. The lowest BCUT2D eigenvalue weighted by molar-refractivity contribution is -0.138. The molecular weight excluding hydrogens is 387 g/mol. The Balaban J connectivity index is 2.05. The van der Waals surface area contributed by atoms with Crippen LogP contribution < -0.4 is 5.32 Å². The summed E-state index contributed by atoms with van der Waals surface area (Å²) in [5, 5.41) is 2.95. The Morgan fingerprint density at radius 1 is 1.07 bits per heavy atom. The number of nitrogens with one attached hydrogen (secondary N) is 1. The van der Waals surface area contributed by atoms with Gasteiger partial charge in [-0.2, -0.15) is 0 Å². The van der Waals surface area contributed by atoms with Gasteiger partial charge in [0.25, 0.3) is 0 Å². The number of amides is 2.